The summed E-state index contributed by atoms with van der Waals surface area (Å²) in [5.41, 5.74) is 0. The fourth-order valence-electron chi connectivity index (χ4n) is 2.80. The Bertz CT molecular complexity index is 198. The van der Waals surface area contributed by atoms with Gasteiger partial charge in [-0.3, -0.25) is 5.41 Å². The van der Waals surface area contributed by atoms with E-state index >= 15 is 0 Å². The Labute approximate surface area is 80.8 Å². The minimum atomic E-state index is 0.402. The van der Waals surface area contributed by atoms with Crippen LogP contribution in [0.15, 0.2) is 0 Å². The minimum Gasteiger partial charge on any atom is -0.360 e. The van der Waals surface area contributed by atoms with Crippen molar-refractivity contribution in [3.05, 3.63) is 0 Å². The maximum Gasteiger partial charge on any atom is 0.0984 e. The number of likely N-dealkylation sites (tertiary alicyclic amines) is 1. The van der Waals surface area contributed by atoms with Crippen LogP contribution in [0, 0.1) is 23.2 Å². The quantitative estimate of drug-likeness (QED) is 0.486. The minimum absolute atomic E-state index is 0.402. The van der Waals surface area contributed by atoms with E-state index in [-0.39, 0.29) is 0 Å². The van der Waals surface area contributed by atoms with Gasteiger partial charge in [0, 0.05) is 19.0 Å². The maximum atomic E-state index is 7.95. The zero-order valence-corrected chi connectivity index (χ0v) is 8.71. The van der Waals surface area contributed by atoms with Crippen molar-refractivity contribution < 1.29 is 0 Å². The Kier molecular flexibility index (Phi) is 2.31. The van der Waals surface area contributed by atoms with Crippen molar-refractivity contribution in [2.24, 2.45) is 17.8 Å². The lowest BCUT2D eigenvalue weighted by atomic mass is 10.0. The molecular weight excluding hydrogens is 160 g/mol. The number of amidine groups is 1. The van der Waals surface area contributed by atoms with Crippen LogP contribution >= 0.6 is 0 Å². The molecule has 2 fully saturated rings. The van der Waals surface area contributed by atoms with Gasteiger partial charge in [0.1, 0.15) is 0 Å². The molecule has 2 rings (SSSR count). The summed E-state index contributed by atoms with van der Waals surface area (Å²) in [7, 11) is 0. The van der Waals surface area contributed by atoms with Gasteiger partial charge >= 0.3 is 0 Å². The molecule has 1 heterocycles. The van der Waals surface area contributed by atoms with Gasteiger partial charge in [0.25, 0.3) is 0 Å². The van der Waals surface area contributed by atoms with Crippen molar-refractivity contribution in [1.82, 2.24) is 4.90 Å². The number of hydrogen-bond acceptors (Lipinski definition) is 1. The van der Waals surface area contributed by atoms with E-state index in [1.54, 1.807) is 0 Å². The molecule has 1 aliphatic carbocycles. The average molecular weight is 180 g/mol. The van der Waals surface area contributed by atoms with Crippen LogP contribution in [0.3, 0.4) is 0 Å². The molecule has 2 aliphatic rings. The first-order valence-electron chi connectivity index (χ1n) is 5.52. The fourth-order valence-corrected chi connectivity index (χ4v) is 2.80. The van der Waals surface area contributed by atoms with E-state index in [0.717, 1.165) is 17.7 Å². The third-order valence-corrected chi connectivity index (χ3v) is 3.61. The maximum absolute atomic E-state index is 7.95. The molecule has 1 saturated carbocycles. The number of nitrogens with zero attached hydrogens (tertiary/aromatic N) is 1. The number of nitrogens with one attached hydrogen (secondary N) is 1. The summed E-state index contributed by atoms with van der Waals surface area (Å²) >= 11 is 0. The third-order valence-electron chi connectivity index (χ3n) is 3.61. The first-order valence-corrected chi connectivity index (χ1v) is 5.52. The van der Waals surface area contributed by atoms with E-state index in [0.29, 0.717) is 5.92 Å². The van der Waals surface area contributed by atoms with Crippen LogP contribution in [0.5, 0.6) is 0 Å². The summed E-state index contributed by atoms with van der Waals surface area (Å²) in [6.45, 7) is 6.58. The second kappa shape index (κ2) is 3.32. The van der Waals surface area contributed by atoms with Crippen molar-refractivity contribution in [1.29, 1.82) is 5.41 Å². The smallest absolute Gasteiger partial charge is 0.0984 e. The number of hydrogen-bond donors (Lipinski definition) is 1. The highest BCUT2D eigenvalue weighted by atomic mass is 15.2. The molecule has 2 atom stereocenters. The van der Waals surface area contributed by atoms with Crippen molar-refractivity contribution in [2.45, 2.75) is 33.1 Å². The Hall–Kier alpha value is -0.530. The third kappa shape index (κ3) is 1.59. The molecule has 2 heteroatoms. The van der Waals surface area contributed by atoms with Gasteiger partial charge in [-0.25, -0.2) is 0 Å². The predicted octanol–water partition coefficient (Wildman–Crippen LogP) is 2.35. The van der Waals surface area contributed by atoms with Crippen molar-refractivity contribution in [3.8, 4) is 0 Å². The topological polar surface area (TPSA) is 27.1 Å². The van der Waals surface area contributed by atoms with Gasteiger partial charge in [-0.05, 0) is 24.7 Å². The highest BCUT2D eigenvalue weighted by molar-refractivity contribution is 5.81. The van der Waals surface area contributed by atoms with Crippen LogP contribution in [0.1, 0.15) is 33.1 Å². The van der Waals surface area contributed by atoms with Crippen molar-refractivity contribution >= 4 is 5.84 Å². The van der Waals surface area contributed by atoms with Gasteiger partial charge in [0.15, 0.2) is 0 Å². The van der Waals surface area contributed by atoms with Crippen LogP contribution in [-0.2, 0) is 0 Å². The summed E-state index contributed by atoms with van der Waals surface area (Å²) in [4.78, 5) is 2.30. The van der Waals surface area contributed by atoms with E-state index in [1.807, 2.05) is 0 Å². The average Bonchev–Trinajstić information content (AvgIpc) is 2.59. The fraction of sp³-hybridized carbons (Fsp3) is 0.909. The van der Waals surface area contributed by atoms with Crippen LogP contribution in [0.25, 0.3) is 0 Å². The van der Waals surface area contributed by atoms with E-state index in [4.69, 9.17) is 5.41 Å². The zero-order valence-electron chi connectivity index (χ0n) is 8.71. The molecule has 1 N–H and O–H groups in total. The molecule has 0 spiro atoms. The first kappa shape index (κ1) is 9.04. The molecule has 0 aromatic rings. The lowest BCUT2D eigenvalue weighted by molar-refractivity contribution is 0.439. The SMILES string of the molecule is CC(C)C(=N)N1CC2CCCC2C1. The van der Waals surface area contributed by atoms with Gasteiger partial charge < -0.3 is 4.90 Å². The van der Waals surface area contributed by atoms with Crippen LogP contribution in [0.2, 0.25) is 0 Å². The van der Waals surface area contributed by atoms with E-state index < -0.39 is 0 Å². The highest BCUT2D eigenvalue weighted by Crippen LogP contribution is 2.38. The van der Waals surface area contributed by atoms with Crippen molar-refractivity contribution in [3.63, 3.8) is 0 Å². The summed E-state index contributed by atoms with van der Waals surface area (Å²) in [5, 5.41) is 7.95. The molecule has 13 heavy (non-hydrogen) atoms. The number of rotatable bonds is 1. The molecule has 0 aromatic heterocycles. The van der Waals surface area contributed by atoms with Gasteiger partial charge in [0.05, 0.1) is 5.84 Å². The Morgan fingerprint density at radius 1 is 1.23 bits per heavy atom. The van der Waals surface area contributed by atoms with E-state index in [1.165, 1.54) is 32.4 Å². The summed E-state index contributed by atoms with van der Waals surface area (Å²) in [6.07, 6.45) is 4.25. The number of fused-ring (bicyclic) bond motifs is 1. The van der Waals surface area contributed by atoms with E-state index in [9.17, 15) is 0 Å². The van der Waals surface area contributed by atoms with Crippen LogP contribution < -0.4 is 0 Å². The summed E-state index contributed by atoms with van der Waals surface area (Å²) in [5.74, 6) is 3.09. The molecule has 1 aliphatic heterocycles. The van der Waals surface area contributed by atoms with Gasteiger partial charge in [-0.2, -0.15) is 0 Å². The molecule has 0 radical (unpaired) electrons. The molecule has 1 saturated heterocycles. The predicted molar refractivity (Wildman–Crippen MR) is 55.0 cm³/mol. The van der Waals surface area contributed by atoms with Gasteiger partial charge in [0.2, 0.25) is 0 Å². The van der Waals surface area contributed by atoms with Crippen LogP contribution in [0.4, 0.5) is 0 Å². The van der Waals surface area contributed by atoms with Gasteiger partial charge in [-0.15, -0.1) is 0 Å². The molecule has 0 bridgehead atoms. The Morgan fingerprint density at radius 2 is 1.77 bits per heavy atom. The highest BCUT2D eigenvalue weighted by Gasteiger charge is 2.37. The molecular formula is C11H20N2. The van der Waals surface area contributed by atoms with Gasteiger partial charge in [-0.1, -0.05) is 20.3 Å². The summed E-state index contributed by atoms with van der Waals surface area (Å²) in [6, 6.07) is 0. The van der Waals surface area contributed by atoms with Crippen molar-refractivity contribution in [2.75, 3.05) is 13.1 Å². The lowest BCUT2D eigenvalue weighted by Crippen LogP contribution is -2.32. The molecule has 74 valence electrons. The Balaban J connectivity index is 1.95. The second-order valence-corrected chi connectivity index (χ2v) is 4.90. The standard InChI is InChI=1S/C11H20N2/c1-8(2)11(12)13-6-9-4-3-5-10(9)7-13/h8-10,12H,3-7H2,1-2H3. The molecule has 2 unspecified atom stereocenters. The van der Waals surface area contributed by atoms with Crippen LogP contribution in [-0.4, -0.2) is 23.8 Å². The molecule has 2 nitrogen and oxygen atoms in total. The first-order chi connectivity index (χ1) is 6.18. The lowest BCUT2D eigenvalue weighted by Gasteiger charge is -2.22. The largest absolute Gasteiger partial charge is 0.360 e. The zero-order chi connectivity index (χ0) is 9.42. The van der Waals surface area contributed by atoms with E-state index in [2.05, 4.69) is 18.7 Å². The molecule has 0 amide bonds. The summed E-state index contributed by atoms with van der Waals surface area (Å²) < 4.78 is 0. The monoisotopic (exact) mass is 180 g/mol. The molecule has 0 aromatic carbocycles. The normalized spacial score (nSPS) is 32.7. The Morgan fingerprint density at radius 3 is 2.23 bits per heavy atom. The second-order valence-electron chi connectivity index (χ2n) is 4.90.